The SMILES string of the molecule is O=c1cc(-c2cccc(F)c2)oc(-c2cccc(F)c2)c1. The van der Waals surface area contributed by atoms with Crippen molar-refractivity contribution in [1.82, 2.24) is 0 Å². The van der Waals surface area contributed by atoms with Crippen LogP contribution in [0.15, 0.2) is 69.9 Å². The molecule has 2 aromatic carbocycles. The van der Waals surface area contributed by atoms with Crippen LogP contribution in [-0.2, 0) is 0 Å². The van der Waals surface area contributed by atoms with Crippen LogP contribution in [0.3, 0.4) is 0 Å². The monoisotopic (exact) mass is 284 g/mol. The molecule has 0 aliphatic heterocycles. The number of benzene rings is 2. The molecular weight excluding hydrogens is 274 g/mol. The summed E-state index contributed by atoms with van der Waals surface area (Å²) in [7, 11) is 0. The Morgan fingerprint density at radius 1 is 0.714 bits per heavy atom. The maximum atomic E-state index is 13.3. The Morgan fingerprint density at radius 2 is 1.19 bits per heavy atom. The summed E-state index contributed by atoms with van der Waals surface area (Å²) >= 11 is 0. The van der Waals surface area contributed by atoms with Gasteiger partial charge in [0.15, 0.2) is 5.43 Å². The molecule has 0 aliphatic rings. The molecule has 104 valence electrons. The van der Waals surface area contributed by atoms with E-state index in [0.29, 0.717) is 11.1 Å². The summed E-state index contributed by atoms with van der Waals surface area (Å²) in [6.07, 6.45) is 0. The Bertz CT molecular complexity index is 786. The van der Waals surface area contributed by atoms with Crippen molar-refractivity contribution in [2.24, 2.45) is 0 Å². The van der Waals surface area contributed by atoms with Gasteiger partial charge in [0.1, 0.15) is 23.2 Å². The van der Waals surface area contributed by atoms with Crippen molar-refractivity contribution in [2.45, 2.75) is 0 Å². The van der Waals surface area contributed by atoms with Crippen molar-refractivity contribution in [3.63, 3.8) is 0 Å². The summed E-state index contributed by atoms with van der Waals surface area (Å²) in [4.78, 5) is 11.8. The Morgan fingerprint density at radius 3 is 1.62 bits per heavy atom. The van der Waals surface area contributed by atoms with E-state index in [2.05, 4.69) is 0 Å². The summed E-state index contributed by atoms with van der Waals surface area (Å²) in [5, 5.41) is 0. The van der Waals surface area contributed by atoms with Crippen LogP contribution in [0, 0.1) is 11.6 Å². The highest BCUT2D eigenvalue weighted by molar-refractivity contribution is 5.62. The average molecular weight is 284 g/mol. The lowest BCUT2D eigenvalue weighted by molar-refractivity contribution is 0.576. The molecule has 2 nitrogen and oxygen atoms in total. The van der Waals surface area contributed by atoms with E-state index in [1.807, 2.05) is 0 Å². The number of halogens is 2. The van der Waals surface area contributed by atoms with Crippen molar-refractivity contribution in [1.29, 1.82) is 0 Å². The van der Waals surface area contributed by atoms with Gasteiger partial charge in [0.2, 0.25) is 0 Å². The van der Waals surface area contributed by atoms with Gasteiger partial charge in [-0.05, 0) is 24.3 Å². The van der Waals surface area contributed by atoms with E-state index in [-0.39, 0.29) is 16.9 Å². The maximum absolute atomic E-state index is 13.3. The molecule has 0 aliphatic carbocycles. The van der Waals surface area contributed by atoms with Gasteiger partial charge in [0.25, 0.3) is 0 Å². The first-order valence-electron chi connectivity index (χ1n) is 6.29. The normalized spacial score (nSPS) is 10.6. The summed E-state index contributed by atoms with van der Waals surface area (Å²) in [5.74, 6) is -0.375. The minimum Gasteiger partial charge on any atom is -0.456 e. The molecule has 0 fully saturated rings. The van der Waals surface area contributed by atoms with E-state index in [0.717, 1.165) is 0 Å². The molecule has 0 saturated carbocycles. The Kier molecular flexibility index (Phi) is 3.36. The largest absolute Gasteiger partial charge is 0.456 e. The Balaban J connectivity index is 2.15. The van der Waals surface area contributed by atoms with Gasteiger partial charge in [-0.25, -0.2) is 8.78 Å². The molecule has 0 radical (unpaired) electrons. The Hall–Kier alpha value is -2.75. The van der Waals surface area contributed by atoms with Gasteiger partial charge in [-0.1, -0.05) is 24.3 Å². The predicted octanol–water partition coefficient (Wildman–Crippen LogP) is 4.25. The number of rotatable bonds is 2. The van der Waals surface area contributed by atoms with E-state index in [1.54, 1.807) is 12.1 Å². The first-order chi connectivity index (χ1) is 10.1. The smallest absolute Gasteiger partial charge is 0.186 e. The third-order valence-electron chi connectivity index (χ3n) is 2.98. The number of hydrogen-bond acceptors (Lipinski definition) is 2. The first-order valence-corrected chi connectivity index (χ1v) is 6.29. The zero-order chi connectivity index (χ0) is 14.8. The molecule has 1 aromatic heterocycles. The lowest BCUT2D eigenvalue weighted by Crippen LogP contribution is -1.98. The Labute approximate surface area is 119 Å². The molecule has 0 saturated heterocycles. The average Bonchev–Trinajstić information content (AvgIpc) is 2.46. The van der Waals surface area contributed by atoms with Gasteiger partial charge in [0.05, 0.1) is 0 Å². The zero-order valence-corrected chi connectivity index (χ0v) is 10.8. The van der Waals surface area contributed by atoms with Crippen LogP contribution in [0.25, 0.3) is 22.6 Å². The highest BCUT2D eigenvalue weighted by Gasteiger charge is 2.08. The molecule has 0 unspecified atom stereocenters. The van der Waals surface area contributed by atoms with Crippen molar-refractivity contribution in [3.8, 4) is 22.6 Å². The van der Waals surface area contributed by atoms with E-state index >= 15 is 0 Å². The van der Waals surface area contributed by atoms with Crippen LogP contribution in [0.2, 0.25) is 0 Å². The maximum Gasteiger partial charge on any atom is 0.186 e. The van der Waals surface area contributed by atoms with E-state index in [1.165, 1.54) is 48.5 Å². The van der Waals surface area contributed by atoms with Gasteiger partial charge in [-0.2, -0.15) is 0 Å². The second-order valence-corrected chi connectivity index (χ2v) is 4.54. The minimum absolute atomic E-state index is 0.237. The highest BCUT2D eigenvalue weighted by atomic mass is 19.1. The first kappa shape index (κ1) is 13.2. The number of hydrogen-bond donors (Lipinski definition) is 0. The molecule has 0 spiro atoms. The molecule has 21 heavy (non-hydrogen) atoms. The van der Waals surface area contributed by atoms with Gasteiger partial charge >= 0.3 is 0 Å². The van der Waals surface area contributed by atoms with Gasteiger partial charge in [-0.3, -0.25) is 4.79 Å². The minimum atomic E-state index is -0.425. The van der Waals surface area contributed by atoms with Gasteiger partial charge in [0, 0.05) is 23.3 Å². The standard InChI is InChI=1S/C17H10F2O2/c18-13-5-1-3-11(7-13)16-9-15(20)10-17(21-16)12-4-2-6-14(19)8-12/h1-10H. The van der Waals surface area contributed by atoms with Crippen LogP contribution < -0.4 is 5.43 Å². The molecule has 0 atom stereocenters. The van der Waals surface area contributed by atoms with E-state index in [9.17, 15) is 13.6 Å². The third kappa shape index (κ3) is 2.89. The van der Waals surface area contributed by atoms with Crippen molar-refractivity contribution in [3.05, 3.63) is 82.5 Å². The summed E-state index contributed by atoms with van der Waals surface area (Å²) < 4.78 is 32.1. The molecule has 1 heterocycles. The van der Waals surface area contributed by atoms with Crippen molar-refractivity contribution < 1.29 is 13.2 Å². The quantitative estimate of drug-likeness (QED) is 0.704. The zero-order valence-electron chi connectivity index (χ0n) is 10.8. The fraction of sp³-hybridized carbons (Fsp3) is 0. The second-order valence-electron chi connectivity index (χ2n) is 4.54. The summed E-state index contributed by atoms with van der Waals surface area (Å²) in [6.45, 7) is 0. The molecule has 3 aromatic rings. The van der Waals surface area contributed by atoms with Crippen molar-refractivity contribution in [2.75, 3.05) is 0 Å². The second kappa shape index (κ2) is 5.32. The fourth-order valence-corrected chi connectivity index (χ4v) is 2.05. The highest BCUT2D eigenvalue weighted by Crippen LogP contribution is 2.25. The van der Waals surface area contributed by atoms with Crippen LogP contribution >= 0.6 is 0 Å². The topological polar surface area (TPSA) is 30.2 Å². The summed E-state index contributed by atoms with van der Waals surface area (Å²) in [6, 6.07) is 14.0. The molecule has 0 N–H and O–H groups in total. The van der Waals surface area contributed by atoms with Crippen LogP contribution in [0.5, 0.6) is 0 Å². The lowest BCUT2D eigenvalue weighted by Gasteiger charge is -2.05. The van der Waals surface area contributed by atoms with Gasteiger partial charge in [-0.15, -0.1) is 0 Å². The van der Waals surface area contributed by atoms with Crippen LogP contribution in [-0.4, -0.2) is 0 Å². The molecule has 4 heteroatoms. The predicted molar refractivity (Wildman–Crippen MR) is 75.8 cm³/mol. The lowest BCUT2D eigenvalue weighted by atomic mass is 10.1. The third-order valence-corrected chi connectivity index (χ3v) is 2.98. The van der Waals surface area contributed by atoms with E-state index in [4.69, 9.17) is 4.42 Å². The fourth-order valence-electron chi connectivity index (χ4n) is 2.05. The van der Waals surface area contributed by atoms with E-state index < -0.39 is 11.6 Å². The molecule has 3 rings (SSSR count). The molecular formula is C17H10F2O2. The van der Waals surface area contributed by atoms with Crippen LogP contribution in [0.1, 0.15) is 0 Å². The summed E-state index contributed by atoms with van der Waals surface area (Å²) in [5.41, 5.74) is 0.607. The van der Waals surface area contributed by atoms with Crippen molar-refractivity contribution >= 4 is 0 Å². The molecule has 0 amide bonds. The molecule has 0 bridgehead atoms. The van der Waals surface area contributed by atoms with Gasteiger partial charge < -0.3 is 4.42 Å². The van der Waals surface area contributed by atoms with Crippen LogP contribution in [0.4, 0.5) is 8.78 Å².